The van der Waals surface area contributed by atoms with E-state index in [0.717, 1.165) is 10.8 Å². The zero-order valence-corrected chi connectivity index (χ0v) is 21.1. The van der Waals surface area contributed by atoms with Crippen LogP contribution in [0.1, 0.15) is 12.0 Å². The van der Waals surface area contributed by atoms with Crippen molar-refractivity contribution in [1.29, 1.82) is 0 Å². The van der Waals surface area contributed by atoms with Crippen LogP contribution in [0.15, 0.2) is 54.9 Å². The highest BCUT2D eigenvalue weighted by Gasteiger charge is 2.47. The molecule has 2 aliphatic heterocycles. The zero-order chi connectivity index (χ0) is 26.2. The van der Waals surface area contributed by atoms with Crippen molar-refractivity contribution in [2.75, 3.05) is 25.0 Å². The van der Waals surface area contributed by atoms with Crippen LogP contribution in [0.3, 0.4) is 0 Å². The highest BCUT2D eigenvalue weighted by molar-refractivity contribution is 7.89. The molecule has 1 aromatic heterocycles. The molecule has 0 aliphatic carbocycles. The van der Waals surface area contributed by atoms with Gasteiger partial charge < -0.3 is 15.4 Å². The first-order valence-corrected chi connectivity index (χ1v) is 13.5. The second-order valence-corrected chi connectivity index (χ2v) is 11.2. The van der Waals surface area contributed by atoms with Crippen LogP contribution in [0.5, 0.6) is 5.75 Å². The number of halogens is 1. The standard InChI is InChI=1S/C24H25ClN6O5S/c25-15-5-6-20-18(9-15)24(7-8-36-20,13-28-21(32)17-11-29-31-22(17)37(26,34)35)23(33)30-19-12-27-10-14-3-1-2-4-16(14)19/h1-6,9-10,12,17,22,29,31H,7-8,11,13H2,(H,28,32)(H,30,33)(H2,26,34,35)/t17?,22?,24-/m0/s1. The lowest BCUT2D eigenvalue weighted by atomic mass is 9.74. The summed E-state index contributed by atoms with van der Waals surface area (Å²) in [7, 11) is -4.05. The lowest BCUT2D eigenvalue weighted by molar-refractivity contribution is -0.126. The van der Waals surface area contributed by atoms with Gasteiger partial charge in [-0.05, 0) is 18.2 Å². The molecule has 3 heterocycles. The molecule has 1 saturated heterocycles. The third kappa shape index (κ3) is 4.86. The maximum atomic E-state index is 14.0. The van der Waals surface area contributed by atoms with Crippen molar-refractivity contribution in [2.45, 2.75) is 17.2 Å². The molecule has 2 unspecified atom stereocenters. The zero-order valence-electron chi connectivity index (χ0n) is 19.5. The van der Waals surface area contributed by atoms with Crippen LogP contribution in [-0.2, 0) is 25.0 Å². The Kier molecular flexibility index (Phi) is 6.77. The number of aromatic nitrogens is 1. The second kappa shape index (κ2) is 9.88. The summed E-state index contributed by atoms with van der Waals surface area (Å²) in [5.41, 5.74) is 4.95. The van der Waals surface area contributed by atoms with E-state index in [1.807, 2.05) is 24.3 Å². The van der Waals surface area contributed by atoms with Gasteiger partial charge in [-0.3, -0.25) is 20.0 Å². The highest BCUT2D eigenvalue weighted by atomic mass is 35.5. The Hall–Kier alpha value is -3.29. The number of sulfonamides is 1. The number of hydrazine groups is 1. The van der Waals surface area contributed by atoms with Gasteiger partial charge in [0.25, 0.3) is 0 Å². The molecule has 2 aromatic carbocycles. The molecule has 0 spiro atoms. The maximum absolute atomic E-state index is 14.0. The molecule has 0 radical (unpaired) electrons. The SMILES string of the molecule is NS(=O)(=O)C1NNCC1C(=O)NC[C@@]1(C(=O)Nc2cncc3ccccc23)CCOc2ccc(Cl)cc21. The molecular formula is C24H25ClN6O5S. The minimum absolute atomic E-state index is 0.0549. The maximum Gasteiger partial charge on any atom is 0.237 e. The number of anilines is 1. The summed E-state index contributed by atoms with van der Waals surface area (Å²) in [6.45, 7) is 0.151. The van der Waals surface area contributed by atoms with Crippen LogP contribution in [-0.4, -0.2) is 50.3 Å². The van der Waals surface area contributed by atoms with E-state index in [1.54, 1.807) is 30.6 Å². The number of fused-ring (bicyclic) bond motifs is 2. The smallest absolute Gasteiger partial charge is 0.237 e. The molecule has 0 bridgehead atoms. The number of nitrogens with one attached hydrogen (secondary N) is 4. The van der Waals surface area contributed by atoms with Gasteiger partial charge in [0, 0.05) is 47.1 Å². The van der Waals surface area contributed by atoms with Gasteiger partial charge in [-0.1, -0.05) is 35.9 Å². The Morgan fingerprint density at radius 3 is 2.84 bits per heavy atom. The summed E-state index contributed by atoms with van der Waals surface area (Å²) in [4.78, 5) is 31.4. The molecule has 2 amide bonds. The summed E-state index contributed by atoms with van der Waals surface area (Å²) in [6, 6.07) is 12.5. The van der Waals surface area contributed by atoms with Crippen molar-refractivity contribution < 1.29 is 22.7 Å². The van der Waals surface area contributed by atoms with Crippen molar-refractivity contribution in [3.63, 3.8) is 0 Å². The number of primary sulfonamides is 1. The summed E-state index contributed by atoms with van der Waals surface area (Å²) < 4.78 is 29.7. The van der Waals surface area contributed by atoms with Crippen LogP contribution < -0.4 is 31.4 Å². The van der Waals surface area contributed by atoms with Crippen molar-refractivity contribution >= 4 is 49.9 Å². The number of carbonyl (C=O) groups excluding carboxylic acids is 2. The van der Waals surface area contributed by atoms with E-state index in [0.29, 0.717) is 22.0 Å². The summed E-state index contributed by atoms with van der Waals surface area (Å²) in [5.74, 6) is -1.47. The van der Waals surface area contributed by atoms with Crippen LogP contribution in [0.2, 0.25) is 5.02 Å². The average molecular weight is 545 g/mol. The van der Waals surface area contributed by atoms with E-state index < -0.39 is 32.6 Å². The van der Waals surface area contributed by atoms with Gasteiger partial charge in [0.15, 0.2) is 0 Å². The van der Waals surface area contributed by atoms with Crippen molar-refractivity contribution in [1.82, 2.24) is 21.2 Å². The first kappa shape index (κ1) is 25.4. The Balaban J connectivity index is 1.49. The van der Waals surface area contributed by atoms with Gasteiger partial charge in [-0.25, -0.2) is 19.0 Å². The quantitative estimate of drug-likeness (QED) is 0.307. The minimum Gasteiger partial charge on any atom is -0.493 e. The predicted octanol–water partition coefficient (Wildman–Crippen LogP) is 1.00. The van der Waals surface area contributed by atoms with E-state index >= 15 is 0 Å². The van der Waals surface area contributed by atoms with Gasteiger partial charge in [0.1, 0.15) is 11.1 Å². The summed E-state index contributed by atoms with van der Waals surface area (Å²) >= 11 is 6.30. The molecule has 6 N–H and O–H groups in total. The number of nitrogens with zero attached hydrogens (tertiary/aromatic N) is 1. The number of nitrogens with two attached hydrogens (primary N) is 1. The number of hydrogen-bond acceptors (Lipinski definition) is 8. The van der Waals surface area contributed by atoms with E-state index in [-0.39, 0.29) is 32.0 Å². The number of amides is 2. The number of benzene rings is 2. The van der Waals surface area contributed by atoms with Gasteiger partial charge in [0.05, 0.1) is 29.8 Å². The van der Waals surface area contributed by atoms with Crippen molar-refractivity contribution in [2.24, 2.45) is 11.1 Å². The molecular weight excluding hydrogens is 520 g/mol. The fraction of sp³-hybridized carbons (Fsp3) is 0.292. The number of rotatable bonds is 6. The highest BCUT2D eigenvalue weighted by Crippen LogP contribution is 2.41. The fourth-order valence-electron chi connectivity index (χ4n) is 4.82. The number of pyridine rings is 1. The van der Waals surface area contributed by atoms with Gasteiger partial charge in [-0.15, -0.1) is 0 Å². The predicted molar refractivity (Wildman–Crippen MR) is 138 cm³/mol. The Morgan fingerprint density at radius 2 is 2.03 bits per heavy atom. The molecule has 194 valence electrons. The van der Waals surface area contributed by atoms with E-state index in [9.17, 15) is 18.0 Å². The molecule has 37 heavy (non-hydrogen) atoms. The summed E-state index contributed by atoms with van der Waals surface area (Å²) in [5, 5.41) is 11.8. The molecule has 11 nitrogen and oxygen atoms in total. The average Bonchev–Trinajstić information content (AvgIpc) is 3.39. The van der Waals surface area contributed by atoms with E-state index in [2.05, 4.69) is 26.5 Å². The van der Waals surface area contributed by atoms with Gasteiger partial charge in [0.2, 0.25) is 21.8 Å². The second-order valence-electron chi connectivity index (χ2n) is 9.04. The Labute approximate surface area is 218 Å². The monoisotopic (exact) mass is 544 g/mol. The lowest BCUT2D eigenvalue weighted by Gasteiger charge is -2.38. The van der Waals surface area contributed by atoms with Crippen molar-refractivity contribution in [3.8, 4) is 5.75 Å². The molecule has 3 atom stereocenters. The van der Waals surface area contributed by atoms with E-state index in [4.69, 9.17) is 21.5 Å². The molecule has 13 heteroatoms. The Bertz CT molecular complexity index is 1480. The van der Waals surface area contributed by atoms with Gasteiger partial charge >= 0.3 is 0 Å². The molecule has 2 aliphatic rings. The normalized spacial score (nSPS) is 23.2. The molecule has 5 rings (SSSR count). The number of carbonyl (C=O) groups is 2. The number of ether oxygens (including phenoxy) is 1. The van der Waals surface area contributed by atoms with Crippen molar-refractivity contribution in [3.05, 3.63) is 65.4 Å². The number of hydrogen-bond donors (Lipinski definition) is 5. The third-order valence-corrected chi connectivity index (χ3v) is 8.17. The lowest BCUT2D eigenvalue weighted by Crippen LogP contribution is -2.54. The first-order chi connectivity index (χ1) is 17.7. The van der Waals surface area contributed by atoms with Gasteiger partial charge in [-0.2, -0.15) is 0 Å². The first-order valence-electron chi connectivity index (χ1n) is 11.5. The van der Waals surface area contributed by atoms with Crippen LogP contribution in [0.25, 0.3) is 10.8 Å². The molecule has 1 fully saturated rings. The Morgan fingerprint density at radius 1 is 1.22 bits per heavy atom. The topological polar surface area (TPSA) is 165 Å². The van der Waals surface area contributed by atoms with Crippen LogP contribution >= 0.6 is 11.6 Å². The van der Waals surface area contributed by atoms with Crippen LogP contribution in [0, 0.1) is 5.92 Å². The summed E-state index contributed by atoms with van der Waals surface area (Å²) in [6.07, 6.45) is 3.51. The molecule has 0 saturated carbocycles. The fourth-order valence-corrected chi connectivity index (χ4v) is 5.91. The van der Waals surface area contributed by atoms with E-state index in [1.165, 1.54) is 0 Å². The largest absolute Gasteiger partial charge is 0.493 e. The molecule has 3 aromatic rings. The third-order valence-electron chi connectivity index (χ3n) is 6.78. The minimum atomic E-state index is -4.05. The van der Waals surface area contributed by atoms with Crippen LogP contribution in [0.4, 0.5) is 5.69 Å².